The predicted molar refractivity (Wildman–Crippen MR) is 130 cm³/mol. The number of amides is 1. The lowest BCUT2D eigenvalue weighted by atomic mass is 10.2. The van der Waals surface area contributed by atoms with Crippen LogP contribution in [0.25, 0.3) is 0 Å². The highest BCUT2D eigenvalue weighted by Crippen LogP contribution is 2.24. The van der Waals surface area contributed by atoms with Crippen LogP contribution in [0.2, 0.25) is 0 Å². The van der Waals surface area contributed by atoms with E-state index in [-0.39, 0.29) is 27.5 Å². The number of sulfonamides is 1. The van der Waals surface area contributed by atoms with E-state index in [9.17, 15) is 28.1 Å². The third kappa shape index (κ3) is 6.21. The molecule has 0 saturated heterocycles. The Morgan fingerprint density at radius 3 is 2.34 bits per heavy atom. The summed E-state index contributed by atoms with van der Waals surface area (Å²) in [4.78, 5) is 35.4. The summed E-state index contributed by atoms with van der Waals surface area (Å²) >= 11 is 0. The molecular formula is C24H23N3O7S. The zero-order valence-electron chi connectivity index (χ0n) is 19.2. The average molecular weight is 498 g/mol. The first-order valence-corrected chi connectivity index (χ1v) is 11.9. The molecule has 1 amide bonds. The number of nitro benzene ring substituents is 1. The van der Waals surface area contributed by atoms with Gasteiger partial charge in [-0.3, -0.25) is 19.6 Å². The number of benzene rings is 3. The summed E-state index contributed by atoms with van der Waals surface area (Å²) in [6, 6.07) is 14.8. The van der Waals surface area contributed by atoms with Gasteiger partial charge in [-0.1, -0.05) is 30.3 Å². The van der Waals surface area contributed by atoms with Crippen LogP contribution in [-0.4, -0.2) is 31.8 Å². The highest BCUT2D eigenvalue weighted by Gasteiger charge is 2.22. The van der Waals surface area contributed by atoms with Gasteiger partial charge in [-0.25, -0.2) is 13.2 Å². The topological polar surface area (TPSA) is 145 Å². The molecule has 182 valence electrons. The number of non-ortho nitro benzene ring substituents is 1. The van der Waals surface area contributed by atoms with Gasteiger partial charge in [0.15, 0.2) is 6.61 Å². The van der Waals surface area contributed by atoms with Gasteiger partial charge in [-0.15, -0.1) is 0 Å². The second kappa shape index (κ2) is 10.3. The van der Waals surface area contributed by atoms with E-state index in [1.54, 1.807) is 39.0 Å². The van der Waals surface area contributed by atoms with E-state index in [1.165, 1.54) is 42.5 Å². The summed E-state index contributed by atoms with van der Waals surface area (Å²) < 4.78 is 33.4. The largest absolute Gasteiger partial charge is 0.452 e. The number of nitrogens with zero attached hydrogens (tertiary/aromatic N) is 1. The Balaban J connectivity index is 1.73. The van der Waals surface area contributed by atoms with Gasteiger partial charge >= 0.3 is 5.97 Å². The monoisotopic (exact) mass is 497 g/mol. The Bertz CT molecular complexity index is 1420. The molecule has 0 bridgehead atoms. The quantitative estimate of drug-likeness (QED) is 0.270. The number of nitrogens with one attached hydrogen (secondary N) is 2. The highest BCUT2D eigenvalue weighted by molar-refractivity contribution is 7.92. The molecule has 0 radical (unpaired) electrons. The molecule has 0 aliphatic carbocycles. The molecule has 0 aliphatic rings. The van der Waals surface area contributed by atoms with Crippen molar-refractivity contribution >= 4 is 39.0 Å². The minimum absolute atomic E-state index is 0.00616. The van der Waals surface area contributed by atoms with E-state index in [2.05, 4.69) is 10.0 Å². The van der Waals surface area contributed by atoms with Crippen LogP contribution in [0.4, 0.5) is 17.1 Å². The van der Waals surface area contributed by atoms with Crippen molar-refractivity contribution < 1.29 is 27.7 Å². The molecule has 0 fully saturated rings. The number of nitro groups is 1. The van der Waals surface area contributed by atoms with E-state index in [4.69, 9.17) is 4.74 Å². The molecule has 0 aromatic heterocycles. The summed E-state index contributed by atoms with van der Waals surface area (Å²) in [7, 11) is -4.00. The van der Waals surface area contributed by atoms with Gasteiger partial charge in [-0.2, -0.15) is 0 Å². The first-order chi connectivity index (χ1) is 16.5. The molecule has 3 aromatic carbocycles. The molecule has 0 spiro atoms. The summed E-state index contributed by atoms with van der Waals surface area (Å²) in [5.74, 6) is -1.63. The maximum atomic E-state index is 13.0. The summed E-state index contributed by atoms with van der Waals surface area (Å²) in [6.07, 6.45) is 0. The Kier molecular flexibility index (Phi) is 7.50. The number of carbonyl (C=O) groups is 2. The van der Waals surface area contributed by atoms with E-state index in [0.717, 1.165) is 5.56 Å². The van der Waals surface area contributed by atoms with Crippen molar-refractivity contribution in [2.24, 2.45) is 0 Å². The number of aryl methyl sites for hydroxylation is 3. The number of para-hydroxylation sites is 1. The van der Waals surface area contributed by atoms with E-state index in [1.807, 2.05) is 0 Å². The lowest BCUT2D eigenvalue weighted by molar-refractivity contribution is -0.384. The predicted octanol–water partition coefficient (Wildman–Crippen LogP) is 4.12. The van der Waals surface area contributed by atoms with Gasteiger partial charge in [0.1, 0.15) is 0 Å². The molecular weight excluding hydrogens is 474 g/mol. The molecule has 0 heterocycles. The number of carbonyl (C=O) groups excluding carboxylic acids is 2. The van der Waals surface area contributed by atoms with Gasteiger partial charge in [0.25, 0.3) is 21.6 Å². The van der Waals surface area contributed by atoms with Crippen molar-refractivity contribution in [3.05, 3.63) is 93.0 Å². The summed E-state index contributed by atoms with van der Waals surface area (Å²) in [5.41, 5.74) is 1.80. The fraction of sp³-hybridized carbons (Fsp3) is 0.167. The molecule has 3 aromatic rings. The minimum atomic E-state index is -4.00. The average Bonchev–Trinajstić information content (AvgIpc) is 2.80. The van der Waals surface area contributed by atoms with Crippen LogP contribution in [0.3, 0.4) is 0 Å². The molecule has 3 rings (SSSR count). The number of anilines is 2. The molecule has 2 N–H and O–H groups in total. The van der Waals surface area contributed by atoms with Crippen LogP contribution in [0.15, 0.2) is 65.6 Å². The lowest BCUT2D eigenvalue weighted by Crippen LogP contribution is -2.22. The molecule has 0 atom stereocenters. The number of ether oxygens (including phenoxy) is 1. The van der Waals surface area contributed by atoms with E-state index >= 15 is 0 Å². The molecule has 0 unspecified atom stereocenters. The minimum Gasteiger partial charge on any atom is -0.452 e. The maximum absolute atomic E-state index is 13.0. The Hall–Kier alpha value is -4.25. The van der Waals surface area contributed by atoms with Crippen LogP contribution >= 0.6 is 0 Å². The van der Waals surface area contributed by atoms with Crippen LogP contribution < -0.4 is 10.0 Å². The Labute approximate surface area is 202 Å². The number of hydrogen-bond acceptors (Lipinski definition) is 7. The van der Waals surface area contributed by atoms with Crippen molar-refractivity contribution in [1.82, 2.24) is 0 Å². The van der Waals surface area contributed by atoms with Gasteiger partial charge in [0.2, 0.25) is 0 Å². The number of rotatable bonds is 8. The zero-order valence-corrected chi connectivity index (χ0v) is 20.0. The second-order valence-electron chi connectivity index (χ2n) is 7.80. The number of esters is 1. The molecule has 0 aliphatic heterocycles. The Morgan fingerprint density at radius 2 is 1.63 bits per heavy atom. The van der Waals surface area contributed by atoms with Crippen molar-refractivity contribution in [3.63, 3.8) is 0 Å². The summed E-state index contributed by atoms with van der Waals surface area (Å²) in [6.45, 7) is 4.41. The normalized spacial score (nSPS) is 10.9. The second-order valence-corrected chi connectivity index (χ2v) is 9.45. The molecule has 11 heteroatoms. The molecule has 0 saturated carbocycles. The highest BCUT2D eigenvalue weighted by atomic mass is 32.2. The Morgan fingerprint density at radius 1 is 0.943 bits per heavy atom. The van der Waals surface area contributed by atoms with Crippen molar-refractivity contribution in [2.45, 2.75) is 25.7 Å². The SMILES string of the molecule is Cc1ccc(C)c(S(=O)(=O)Nc2ccccc2C(=O)OCC(=O)Nc2cc([N+](=O)[O-])ccc2C)c1. The third-order valence-electron chi connectivity index (χ3n) is 5.06. The van der Waals surface area contributed by atoms with Gasteiger partial charge in [0.05, 0.1) is 26.8 Å². The fourth-order valence-electron chi connectivity index (χ4n) is 3.20. The van der Waals surface area contributed by atoms with Crippen molar-refractivity contribution in [1.29, 1.82) is 0 Å². The fourth-order valence-corrected chi connectivity index (χ4v) is 4.61. The van der Waals surface area contributed by atoms with Gasteiger partial charge in [-0.05, 0) is 55.7 Å². The molecule has 10 nitrogen and oxygen atoms in total. The van der Waals surface area contributed by atoms with Gasteiger partial charge < -0.3 is 10.1 Å². The number of hydrogen-bond donors (Lipinski definition) is 2. The maximum Gasteiger partial charge on any atom is 0.340 e. The van der Waals surface area contributed by atoms with Gasteiger partial charge in [0, 0.05) is 12.1 Å². The first kappa shape index (κ1) is 25.4. The molecule has 35 heavy (non-hydrogen) atoms. The smallest absolute Gasteiger partial charge is 0.340 e. The van der Waals surface area contributed by atoms with Crippen molar-refractivity contribution in [2.75, 3.05) is 16.6 Å². The van der Waals surface area contributed by atoms with Crippen LogP contribution in [-0.2, 0) is 19.6 Å². The van der Waals surface area contributed by atoms with Crippen LogP contribution in [0, 0.1) is 30.9 Å². The lowest BCUT2D eigenvalue weighted by Gasteiger charge is -2.14. The standard InChI is InChI=1S/C24H23N3O7S/c1-15-8-9-17(3)22(12-15)35(32,33)26-20-7-5-4-6-19(20)24(29)34-14-23(28)25-21-13-18(27(30)31)11-10-16(21)2/h4-13,26H,14H2,1-3H3,(H,25,28). The van der Waals surface area contributed by atoms with E-state index < -0.39 is 33.4 Å². The first-order valence-electron chi connectivity index (χ1n) is 10.4. The zero-order chi connectivity index (χ0) is 25.8. The van der Waals surface area contributed by atoms with Crippen molar-refractivity contribution in [3.8, 4) is 0 Å². The third-order valence-corrected chi connectivity index (χ3v) is 6.57. The van der Waals surface area contributed by atoms with E-state index in [0.29, 0.717) is 11.1 Å². The van der Waals surface area contributed by atoms with Crippen LogP contribution in [0.1, 0.15) is 27.0 Å². The van der Waals surface area contributed by atoms with Crippen LogP contribution in [0.5, 0.6) is 0 Å². The summed E-state index contributed by atoms with van der Waals surface area (Å²) in [5, 5.41) is 13.4.